The van der Waals surface area contributed by atoms with Crippen LogP contribution in [-0.4, -0.2) is 51.4 Å². The number of hydrogen-bond donors (Lipinski definition) is 2. The van der Waals surface area contributed by atoms with Gasteiger partial charge in [-0.1, -0.05) is 20.8 Å². The van der Waals surface area contributed by atoms with Crippen LogP contribution in [0.15, 0.2) is 18.5 Å². The summed E-state index contributed by atoms with van der Waals surface area (Å²) in [6.07, 6.45) is 3.29. The Morgan fingerprint density at radius 2 is 2.05 bits per heavy atom. The standard InChI is InChI=1S/C16H23N3O3/c1-16(2,3)14-4-10-8-18(15(21)22)9-13(10)19(14)11-5-12(20)7-17-6-11/h5-7,10,13-14,20H,4,8-9H2,1-3H3,(H,21,22)/t10-,13+,14?/m0/s1. The van der Waals surface area contributed by atoms with Gasteiger partial charge < -0.3 is 20.0 Å². The Hall–Kier alpha value is -1.98. The molecule has 1 amide bonds. The number of pyridine rings is 1. The van der Waals surface area contributed by atoms with Crippen molar-refractivity contribution in [1.82, 2.24) is 9.88 Å². The number of hydrogen-bond acceptors (Lipinski definition) is 4. The first-order valence-corrected chi connectivity index (χ1v) is 7.67. The summed E-state index contributed by atoms with van der Waals surface area (Å²) in [5, 5.41) is 19.0. The molecule has 0 aromatic carbocycles. The lowest BCUT2D eigenvalue weighted by Gasteiger charge is -2.39. The van der Waals surface area contributed by atoms with Gasteiger partial charge in [-0.3, -0.25) is 4.98 Å². The topological polar surface area (TPSA) is 76.9 Å². The summed E-state index contributed by atoms with van der Waals surface area (Å²) >= 11 is 0. The van der Waals surface area contributed by atoms with Crippen LogP contribution in [0.2, 0.25) is 0 Å². The Balaban J connectivity index is 1.96. The Morgan fingerprint density at radius 3 is 2.64 bits per heavy atom. The normalized spacial score (nSPS) is 28.0. The SMILES string of the molecule is CC(C)(C)C1C[C@H]2CN(C(=O)O)C[C@H]2N1c1cncc(O)c1. The first-order valence-electron chi connectivity index (χ1n) is 7.67. The summed E-state index contributed by atoms with van der Waals surface area (Å²) in [5.41, 5.74) is 0.948. The van der Waals surface area contributed by atoms with Gasteiger partial charge in [-0.15, -0.1) is 0 Å². The smallest absolute Gasteiger partial charge is 0.407 e. The second-order valence-corrected chi connectivity index (χ2v) is 7.44. The predicted octanol–water partition coefficient (Wildman–Crippen LogP) is 2.39. The molecule has 1 unspecified atom stereocenters. The van der Waals surface area contributed by atoms with Crippen molar-refractivity contribution >= 4 is 11.8 Å². The summed E-state index contributed by atoms with van der Waals surface area (Å²) in [4.78, 5) is 19.1. The van der Waals surface area contributed by atoms with Gasteiger partial charge in [0.15, 0.2) is 0 Å². The molecule has 2 aliphatic heterocycles. The number of carbonyl (C=O) groups is 1. The number of aromatic nitrogens is 1. The Labute approximate surface area is 130 Å². The highest BCUT2D eigenvalue weighted by Crippen LogP contribution is 2.45. The Bertz CT molecular complexity index is 584. The maximum Gasteiger partial charge on any atom is 0.407 e. The van der Waals surface area contributed by atoms with E-state index in [1.807, 2.05) is 0 Å². The van der Waals surface area contributed by atoms with Crippen LogP contribution in [-0.2, 0) is 0 Å². The first-order chi connectivity index (χ1) is 10.3. The quantitative estimate of drug-likeness (QED) is 0.833. The molecule has 3 heterocycles. The highest BCUT2D eigenvalue weighted by molar-refractivity contribution is 5.66. The fourth-order valence-electron chi connectivity index (χ4n) is 3.89. The van der Waals surface area contributed by atoms with E-state index in [1.54, 1.807) is 12.3 Å². The molecule has 6 nitrogen and oxygen atoms in total. The molecule has 0 radical (unpaired) electrons. The van der Waals surface area contributed by atoms with Crippen LogP contribution in [0, 0.1) is 11.3 Å². The number of nitrogens with zero attached hydrogens (tertiary/aromatic N) is 3. The van der Waals surface area contributed by atoms with Crippen LogP contribution in [0.1, 0.15) is 27.2 Å². The van der Waals surface area contributed by atoms with Crippen molar-refractivity contribution in [3.63, 3.8) is 0 Å². The summed E-state index contributed by atoms with van der Waals surface area (Å²) in [5.74, 6) is 0.476. The minimum Gasteiger partial charge on any atom is -0.506 e. The molecule has 3 atom stereocenters. The van der Waals surface area contributed by atoms with E-state index in [9.17, 15) is 15.0 Å². The maximum atomic E-state index is 11.3. The van der Waals surface area contributed by atoms with Gasteiger partial charge in [0.2, 0.25) is 0 Å². The largest absolute Gasteiger partial charge is 0.506 e. The van der Waals surface area contributed by atoms with Crippen molar-refractivity contribution in [2.75, 3.05) is 18.0 Å². The molecule has 0 bridgehead atoms. The summed E-state index contributed by atoms with van der Waals surface area (Å²) in [6, 6.07) is 2.18. The maximum absolute atomic E-state index is 11.3. The minimum absolute atomic E-state index is 0.0733. The van der Waals surface area contributed by atoms with Crippen molar-refractivity contribution < 1.29 is 15.0 Å². The van der Waals surface area contributed by atoms with E-state index >= 15 is 0 Å². The number of aromatic hydroxyl groups is 1. The average Bonchev–Trinajstić information content (AvgIpc) is 2.94. The molecule has 2 saturated heterocycles. The number of rotatable bonds is 1. The highest BCUT2D eigenvalue weighted by Gasteiger charge is 2.50. The minimum atomic E-state index is -0.851. The number of likely N-dealkylation sites (tertiary alicyclic amines) is 1. The molecule has 2 N–H and O–H groups in total. The third-order valence-electron chi connectivity index (χ3n) is 4.90. The first kappa shape index (κ1) is 14.9. The molecular formula is C16H23N3O3. The van der Waals surface area contributed by atoms with Crippen molar-refractivity contribution in [3.8, 4) is 5.75 Å². The van der Waals surface area contributed by atoms with E-state index in [0.29, 0.717) is 25.0 Å². The highest BCUT2D eigenvalue weighted by atomic mass is 16.4. The van der Waals surface area contributed by atoms with Gasteiger partial charge >= 0.3 is 6.09 Å². The summed E-state index contributed by atoms with van der Waals surface area (Å²) in [6.45, 7) is 7.72. The molecule has 2 aliphatic rings. The zero-order valence-electron chi connectivity index (χ0n) is 13.2. The van der Waals surface area contributed by atoms with Gasteiger partial charge in [0.05, 0.1) is 24.1 Å². The fraction of sp³-hybridized carbons (Fsp3) is 0.625. The molecule has 0 spiro atoms. The molecule has 6 heteroatoms. The molecule has 1 aromatic rings. The van der Waals surface area contributed by atoms with Crippen LogP contribution in [0.4, 0.5) is 10.5 Å². The van der Waals surface area contributed by atoms with Crippen LogP contribution < -0.4 is 4.90 Å². The average molecular weight is 305 g/mol. The Kier molecular flexibility index (Phi) is 3.42. The molecule has 0 saturated carbocycles. The monoisotopic (exact) mass is 305 g/mol. The van der Waals surface area contributed by atoms with Crippen molar-refractivity contribution in [3.05, 3.63) is 18.5 Å². The van der Waals surface area contributed by atoms with Gasteiger partial charge in [0.25, 0.3) is 0 Å². The van der Waals surface area contributed by atoms with Gasteiger partial charge in [-0.05, 0) is 11.8 Å². The van der Waals surface area contributed by atoms with E-state index in [-0.39, 0.29) is 17.2 Å². The molecule has 120 valence electrons. The fourth-order valence-corrected chi connectivity index (χ4v) is 3.89. The lowest BCUT2D eigenvalue weighted by molar-refractivity contribution is 0.151. The number of amides is 1. The van der Waals surface area contributed by atoms with Gasteiger partial charge in [-0.25, -0.2) is 4.79 Å². The molecule has 22 heavy (non-hydrogen) atoms. The van der Waals surface area contributed by atoms with Crippen molar-refractivity contribution in [2.45, 2.75) is 39.3 Å². The zero-order valence-corrected chi connectivity index (χ0v) is 13.2. The van der Waals surface area contributed by atoms with Crippen LogP contribution in [0.3, 0.4) is 0 Å². The van der Waals surface area contributed by atoms with E-state index < -0.39 is 6.09 Å². The number of carboxylic acid groups (broad SMARTS) is 1. The van der Waals surface area contributed by atoms with E-state index in [1.165, 1.54) is 11.1 Å². The third kappa shape index (κ3) is 2.46. The number of anilines is 1. The van der Waals surface area contributed by atoms with Crippen molar-refractivity contribution in [2.24, 2.45) is 11.3 Å². The van der Waals surface area contributed by atoms with Crippen LogP contribution in [0.25, 0.3) is 0 Å². The number of fused-ring (bicyclic) bond motifs is 1. The van der Waals surface area contributed by atoms with E-state index in [0.717, 1.165) is 12.1 Å². The summed E-state index contributed by atoms with van der Waals surface area (Å²) in [7, 11) is 0. The molecular weight excluding hydrogens is 282 g/mol. The van der Waals surface area contributed by atoms with Gasteiger partial charge in [-0.2, -0.15) is 0 Å². The molecule has 1 aromatic heterocycles. The molecule has 3 rings (SSSR count). The van der Waals surface area contributed by atoms with Crippen LogP contribution >= 0.6 is 0 Å². The third-order valence-corrected chi connectivity index (χ3v) is 4.90. The lowest BCUT2D eigenvalue weighted by Crippen LogP contribution is -2.46. The van der Waals surface area contributed by atoms with Gasteiger partial charge in [0, 0.05) is 31.1 Å². The zero-order chi connectivity index (χ0) is 16.1. The van der Waals surface area contributed by atoms with E-state index in [2.05, 4.69) is 30.7 Å². The second kappa shape index (κ2) is 5.04. The molecule has 0 aliphatic carbocycles. The second-order valence-electron chi connectivity index (χ2n) is 7.44. The Morgan fingerprint density at radius 1 is 1.32 bits per heavy atom. The van der Waals surface area contributed by atoms with Gasteiger partial charge in [0.1, 0.15) is 5.75 Å². The van der Waals surface area contributed by atoms with Crippen LogP contribution in [0.5, 0.6) is 5.75 Å². The molecule has 2 fully saturated rings. The predicted molar refractivity (Wildman–Crippen MR) is 83.1 cm³/mol. The lowest BCUT2D eigenvalue weighted by atomic mass is 9.83. The van der Waals surface area contributed by atoms with E-state index in [4.69, 9.17) is 0 Å². The van der Waals surface area contributed by atoms with Crippen molar-refractivity contribution in [1.29, 1.82) is 0 Å². The summed E-state index contributed by atoms with van der Waals surface area (Å²) < 4.78 is 0.